The highest BCUT2D eigenvalue weighted by Crippen LogP contribution is 2.51. The van der Waals surface area contributed by atoms with Gasteiger partial charge in [0.1, 0.15) is 0 Å². The second-order valence-corrected chi connectivity index (χ2v) is 8.78. The molecule has 21 heavy (non-hydrogen) atoms. The maximum atomic E-state index is 12.8. The first-order valence-electron chi connectivity index (χ1n) is 6.44. The van der Waals surface area contributed by atoms with E-state index in [0.29, 0.717) is 9.79 Å². The molecular formula is C16H8O2S3. The summed E-state index contributed by atoms with van der Waals surface area (Å²) in [6, 6.07) is 11.4. The topological polar surface area (TPSA) is 34.1 Å². The monoisotopic (exact) mass is 328 g/mol. The number of hydrogen-bond acceptors (Lipinski definition) is 4. The van der Waals surface area contributed by atoms with Gasteiger partial charge in [0.15, 0.2) is 0 Å². The Morgan fingerprint density at radius 1 is 0.667 bits per heavy atom. The number of thiophene rings is 2. The molecule has 3 heterocycles. The van der Waals surface area contributed by atoms with Gasteiger partial charge in [-0.2, -0.15) is 0 Å². The Morgan fingerprint density at radius 2 is 1.14 bits per heavy atom. The van der Waals surface area contributed by atoms with Crippen LogP contribution in [0.3, 0.4) is 0 Å². The van der Waals surface area contributed by atoms with Crippen LogP contribution in [0, 0.1) is 0 Å². The van der Waals surface area contributed by atoms with Gasteiger partial charge in [-0.3, -0.25) is 0 Å². The summed E-state index contributed by atoms with van der Waals surface area (Å²) in [4.78, 5) is 0.904. The fraction of sp³-hybridized carbons (Fsp3) is 0. The average molecular weight is 328 g/mol. The average Bonchev–Trinajstić information content (AvgIpc) is 3.15. The zero-order valence-electron chi connectivity index (χ0n) is 10.7. The van der Waals surface area contributed by atoms with Crippen molar-refractivity contribution in [2.75, 3.05) is 0 Å². The SMILES string of the molecule is O=S1(=O)c2ccc3ccsc3c2-c2c1ccc1ccsc21. The summed E-state index contributed by atoms with van der Waals surface area (Å²) < 4.78 is 27.8. The molecule has 5 rings (SSSR count). The molecule has 0 N–H and O–H groups in total. The van der Waals surface area contributed by atoms with E-state index in [-0.39, 0.29) is 0 Å². The van der Waals surface area contributed by atoms with Gasteiger partial charge in [-0.05, 0) is 45.8 Å². The highest BCUT2D eigenvalue weighted by Gasteiger charge is 2.36. The van der Waals surface area contributed by atoms with Gasteiger partial charge in [0, 0.05) is 20.5 Å². The van der Waals surface area contributed by atoms with Gasteiger partial charge in [0.05, 0.1) is 9.79 Å². The minimum absolute atomic E-state index is 0.452. The lowest BCUT2D eigenvalue weighted by Crippen LogP contribution is -1.95. The fourth-order valence-electron chi connectivity index (χ4n) is 3.07. The first kappa shape index (κ1) is 11.9. The van der Waals surface area contributed by atoms with Crippen LogP contribution in [0.4, 0.5) is 0 Å². The Balaban J connectivity index is 2.13. The number of hydrogen-bond donors (Lipinski definition) is 0. The summed E-state index contributed by atoms with van der Waals surface area (Å²) in [7, 11) is -3.39. The van der Waals surface area contributed by atoms with E-state index in [1.54, 1.807) is 34.8 Å². The molecule has 0 spiro atoms. The third-order valence-corrected chi connectivity index (χ3v) is 7.73. The standard InChI is InChI=1S/C16H8O2S3/c17-21(18)11-3-1-9-5-7-19-15(9)13(11)14-12(21)4-2-10-6-8-20-16(10)14/h1-8H. The maximum absolute atomic E-state index is 12.8. The predicted octanol–water partition coefficient (Wildman–Crippen LogP) is 4.93. The Hall–Kier alpha value is -1.69. The van der Waals surface area contributed by atoms with Crippen molar-refractivity contribution in [2.24, 2.45) is 0 Å². The number of benzene rings is 2. The van der Waals surface area contributed by atoms with Crippen LogP contribution in [0.2, 0.25) is 0 Å². The second-order valence-electron chi connectivity index (χ2n) is 5.06. The normalized spacial score (nSPS) is 15.4. The minimum Gasteiger partial charge on any atom is -0.218 e. The highest BCUT2D eigenvalue weighted by molar-refractivity contribution is 7.92. The predicted molar refractivity (Wildman–Crippen MR) is 88.1 cm³/mol. The molecule has 0 fully saturated rings. The molecule has 0 amide bonds. The fourth-order valence-corrected chi connectivity index (χ4v) is 6.78. The van der Waals surface area contributed by atoms with E-state index in [4.69, 9.17) is 0 Å². The summed E-state index contributed by atoms with van der Waals surface area (Å²) in [5, 5.41) is 6.25. The van der Waals surface area contributed by atoms with Crippen LogP contribution < -0.4 is 0 Å². The molecule has 2 aromatic heterocycles. The van der Waals surface area contributed by atoms with Gasteiger partial charge in [-0.15, -0.1) is 22.7 Å². The van der Waals surface area contributed by atoms with Crippen molar-refractivity contribution in [1.29, 1.82) is 0 Å². The largest absolute Gasteiger partial charge is 0.218 e. The molecular weight excluding hydrogens is 320 g/mol. The quantitative estimate of drug-likeness (QED) is 0.404. The minimum atomic E-state index is -3.39. The number of sulfone groups is 1. The van der Waals surface area contributed by atoms with Gasteiger partial charge in [0.2, 0.25) is 9.84 Å². The number of fused-ring (bicyclic) bond motifs is 7. The smallest absolute Gasteiger partial charge is 0.207 e. The van der Waals surface area contributed by atoms with E-state index in [1.807, 2.05) is 35.0 Å². The summed E-state index contributed by atoms with van der Waals surface area (Å²) in [6.07, 6.45) is 0. The summed E-state index contributed by atoms with van der Waals surface area (Å²) >= 11 is 3.22. The summed E-state index contributed by atoms with van der Waals surface area (Å²) in [5.74, 6) is 0. The van der Waals surface area contributed by atoms with Crippen LogP contribution in [0.25, 0.3) is 31.3 Å². The molecule has 4 aromatic rings. The molecule has 0 bridgehead atoms. The van der Waals surface area contributed by atoms with Gasteiger partial charge in [-0.1, -0.05) is 12.1 Å². The van der Waals surface area contributed by atoms with Crippen molar-refractivity contribution >= 4 is 52.7 Å². The third-order valence-electron chi connectivity index (χ3n) is 4.00. The first-order chi connectivity index (χ1) is 10.2. The lowest BCUT2D eigenvalue weighted by molar-refractivity contribution is 0.599. The molecule has 1 aliphatic heterocycles. The molecule has 0 unspecified atom stereocenters. The van der Waals surface area contributed by atoms with Crippen molar-refractivity contribution in [3.8, 4) is 11.1 Å². The van der Waals surface area contributed by atoms with E-state index in [1.165, 1.54) is 0 Å². The van der Waals surface area contributed by atoms with Gasteiger partial charge in [0.25, 0.3) is 0 Å². The van der Waals surface area contributed by atoms with Crippen LogP contribution in [0.5, 0.6) is 0 Å². The Bertz CT molecular complexity index is 1060. The van der Waals surface area contributed by atoms with E-state index < -0.39 is 9.84 Å². The lowest BCUT2D eigenvalue weighted by Gasteiger charge is -2.02. The highest BCUT2D eigenvalue weighted by atomic mass is 32.2. The van der Waals surface area contributed by atoms with Crippen LogP contribution in [0.15, 0.2) is 56.9 Å². The molecule has 0 saturated heterocycles. The molecule has 0 atom stereocenters. The molecule has 1 aliphatic rings. The van der Waals surface area contributed by atoms with Crippen molar-refractivity contribution in [2.45, 2.75) is 9.79 Å². The molecule has 2 aromatic carbocycles. The van der Waals surface area contributed by atoms with E-state index in [0.717, 1.165) is 31.3 Å². The maximum Gasteiger partial charge on any atom is 0.207 e. The van der Waals surface area contributed by atoms with Gasteiger partial charge < -0.3 is 0 Å². The van der Waals surface area contributed by atoms with Crippen molar-refractivity contribution in [3.63, 3.8) is 0 Å². The van der Waals surface area contributed by atoms with E-state index in [2.05, 4.69) is 0 Å². The number of rotatable bonds is 0. The molecule has 5 heteroatoms. The van der Waals surface area contributed by atoms with Crippen molar-refractivity contribution < 1.29 is 8.42 Å². The Morgan fingerprint density at radius 3 is 1.62 bits per heavy atom. The summed E-state index contributed by atoms with van der Waals surface area (Å²) in [5.41, 5.74) is 1.79. The molecule has 0 saturated carbocycles. The zero-order valence-corrected chi connectivity index (χ0v) is 13.1. The third kappa shape index (κ3) is 1.34. The van der Waals surface area contributed by atoms with E-state index >= 15 is 0 Å². The zero-order chi connectivity index (χ0) is 14.2. The molecule has 0 radical (unpaired) electrons. The summed E-state index contributed by atoms with van der Waals surface area (Å²) in [6.45, 7) is 0. The van der Waals surface area contributed by atoms with Crippen molar-refractivity contribution in [1.82, 2.24) is 0 Å². The van der Waals surface area contributed by atoms with Gasteiger partial charge >= 0.3 is 0 Å². The van der Waals surface area contributed by atoms with Crippen LogP contribution in [-0.2, 0) is 9.84 Å². The molecule has 0 aliphatic carbocycles. The van der Waals surface area contributed by atoms with Crippen LogP contribution >= 0.6 is 22.7 Å². The lowest BCUT2D eigenvalue weighted by atomic mass is 10.0. The molecule has 102 valence electrons. The van der Waals surface area contributed by atoms with Crippen molar-refractivity contribution in [3.05, 3.63) is 47.2 Å². The Labute approximate surface area is 129 Å². The molecule has 2 nitrogen and oxygen atoms in total. The van der Waals surface area contributed by atoms with Gasteiger partial charge in [-0.25, -0.2) is 8.42 Å². The van der Waals surface area contributed by atoms with Crippen LogP contribution in [0.1, 0.15) is 0 Å². The first-order valence-corrected chi connectivity index (χ1v) is 9.68. The van der Waals surface area contributed by atoms with Crippen LogP contribution in [-0.4, -0.2) is 8.42 Å². The Kier molecular flexibility index (Phi) is 2.12. The van der Waals surface area contributed by atoms with E-state index in [9.17, 15) is 8.42 Å². The second kappa shape index (κ2) is 3.74.